The Bertz CT molecular complexity index is 651. The van der Waals surface area contributed by atoms with Gasteiger partial charge in [-0.05, 0) is 49.2 Å². The number of rotatable bonds is 6. The average Bonchev–Trinajstić information content (AvgIpc) is 2.51. The Morgan fingerprint density at radius 1 is 1.09 bits per heavy atom. The lowest BCUT2D eigenvalue weighted by molar-refractivity contribution is 0.247. The number of carbonyl (C=O) groups is 1. The fraction of sp³-hybridized carbons (Fsp3) is 0.278. The summed E-state index contributed by atoms with van der Waals surface area (Å²) in [6, 6.07) is 13.0. The number of ether oxygens (including phenoxy) is 2. The van der Waals surface area contributed by atoms with Gasteiger partial charge in [-0.1, -0.05) is 18.2 Å². The lowest BCUT2D eigenvalue weighted by atomic mass is 10.1. The fourth-order valence-electron chi connectivity index (χ4n) is 2.26. The molecule has 5 heteroatoms. The Hall–Kier alpha value is -2.69. The maximum Gasteiger partial charge on any atom is 0.319 e. The summed E-state index contributed by atoms with van der Waals surface area (Å²) >= 11 is 0. The van der Waals surface area contributed by atoms with E-state index in [0.29, 0.717) is 24.6 Å². The predicted molar refractivity (Wildman–Crippen MR) is 91.4 cm³/mol. The molecule has 0 aliphatic rings. The lowest BCUT2D eigenvalue weighted by Crippen LogP contribution is -2.32. The molecule has 2 aromatic carbocycles. The van der Waals surface area contributed by atoms with Gasteiger partial charge in [0.15, 0.2) is 0 Å². The second-order valence-corrected chi connectivity index (χ2v) is 5.25. The van der Waals surface area contributed by atoms with Crippen LogP contribution in [0.3, 0.4) is 0 Å². The van der Waals surface area contributed by atoms with Crippen LogP contribution in [0.5, 0.6) is 11.5 Å². The van der Waals surface area contributed by atoms with E-state index in [4.69, 9.17) is 9.47 Å². The van der Waals surface area contributed by atoms with Crippen molar-refractivity contribution in [3.8, 4) is 11.5 Å². The Labute approximate surface area is 136 Å². The normalized spacial score (nSPS) is 10.0. The standard InChI is InChI=1S/C18H22N2O3/c1-13-10-14(2)12-15(11-13)23-9-8-19-18(21)20-16-6-4-5-7-17(16)22-3/h4-7,10-12H,8-9H2,1-3H3,(H2,19,20,21). The SMILES string of the molecule is COc1ccccc1NC(=O)NCCOc1cc(C)cc(C)c1. The number of para-hydroxylation sites is 2. The van der Waals surface area contributed by atoms with Crippen LogP contribution < -0.4 is 20.1 Å². The van der Waals surface area contributed by atoms with Gasteiger partial charge in [-0.25, -0.2) is 4.79 Å². The van der Waals surface area contributed by atoms with Gasteiger partial charge >= 0.3 is 6.03 Å². The van der Waals surface area contributed by atoms with Crippen molar-refractivity contribution in [3.05, 3.63) is 53.6 Å². The first-order valence-corrected chi connectivity index (χ1v) is 7.47. The Morgan fingerprint density at radius 3 is 2.48 bits per heavy atom. The molecule has 0 aliphatic heterocycles. The molecule has 5 nitrogen and oxygen atoms in total. The largest absolute Gasteiger partial charge is 0.495 e. The highest BCUT2D eigenvalue weighted by Crippen LogP contribution is 2.22. The van der Waals surface area contributed by atoms with Gasteiger partial charge in [-0.3, -0.25) is 0 Å². The molecule has 0 atom stereocenters. The number of hydrogen-bond acceptors (Lipinski definition) is 3. The summed E-state index contributed by atoms with van der Waals surface area (Å²) in [6.07, 6.45) is 0. The minimum Gasteiger partial charge on any atom is -0.495 e. The van der Waals surface area contributed by atoms with E-state index in [1.165, 1.54) is 0 Å². The first-order chi connectivity index (χ1) is 11.1. The summed E-state index contributed by atoms with van der Waals surface area (Å²) < 4.78 is 10.8. The van der Waals surface area contributed by atoms with E-state index >= 15 is 0 Å². The number of aryl methyl sites for hydroxylation is 2. The second kappa shape index (κ2) is 8.08. The lowest BCUT2D eigenvalue weighted by Gasteiger charge is -2.12. The second-order valence-electron chi connectivity index (χ2n) is 5.25. The Morgan fingerprint density at radius 2 is 1.78 bits per heavy atom. The van der Waals surface area contributed by atoms with E-state index in [2.05, 4.69) is 16.7 Å². The molecule has 0 spiro atoms. The first kappa shape index (κ1) is 16.7. The first-order valence-electron chi connectivity index (χ1n) is 7.47. The quantitative estimate of drug-likeness (QED) is 0.802. The molecular weight excluding hydrogens is 292 g/mol. The molecule has 0 saturated heterocycles. The van der Waals surface area contributed by atoms with Crippen molar-refractivity contribution >= 4 is 11.7 Å². The van der Waals surface area contributed by atoms with Gasteiger partial charge in [0.1, 0.15) is 18.1 Å². The van der Waals surface area contributed by atoms with Crippen LogP contribution in [0, 0.1) is 13.8 Å². The molecule has 0 unspecified atom stereocenters. The number of amides is 2. The monoisotopic (exact) mass is 314 g/mol. The third kappa shape index (κ3) is 5.21. The fourth-order valence-corrected chi connectivity index (χ4v) is 2.26. The van der Waals surface area contributed by atoms with Crippen molar-refractivity contribution in [2.24, 2.45) is 0 Å². The topological polar surface area (TPSA) is 59.6 Å². The van der Waals surface area contributed by atoms with Crippen LogP contribution >= 0.6 is 0 Å². The van der Waals surface area contributed by atoms with E-state index < -0.39 is 0 Å². The Balaban J connectivity index is 1.76. The summed E-state index contributed by atoms with van der Waals surface area (Å²) in [7, 11) is 1.57. The van der Waals surface area contributed by atoms with Crippen molar-refractivity contribution in [3.63, 3.8) is 0 Å². The minimum atomic E-state index is -0.293. The van der Waals surface area contributed by atoms with Crippen LogP contribution in [-0.4, -0.2) is 26.3 Å². The van der Waals surface area contributed by atoms with Crippen LogP contribution in [0.15, 0.2) is 42.5 Å². The van der Waals surface area contributed by atoms with Gasteiger partial charge in [-0.2, -0.15) is 0 Å². The molecule has 2 aromatic rings. The molecule has 2 N–H and O–H groups in total. The van der Waals surface area contributed by atoms with Gasteiger partial charge in [0.25, 0.3) is 0 Å². The molecule has 0 fully saturated rings. The van der Waals surface area contributed by atoms with E-state index in [-0.39, 0.29) is 6.03 Å². The average molecular weight is 314 g/mol. The third-order valence-corrected chi connectivity index (χ3v) is 3.21. The van der Waals surface area contributed by atoms with Crippen molar-refractivity contribution in [1.29, 1.82) is 0 Å². The molecule has 0 saturated carbocycles. The summed E-state index contributed by atoms with van der Waals surface area (Å²) in [5.74, 6) is 1.43. The smallest absolute Gasteiger partial charge is 0.319 e. The molecular formula is C18H22N2O3. The van der Waals surface area contributed by atoms with Crippen LogP contribution in [-0.2, 0) is 0 Å². The molecule has 0 heterocycles. The summed E-state index contributed by atoms with van der Waals surface area (Å²) in [6.45, 7) is 4.87. The molecule has 23 heavy (non-hydrogen) atoms. The van der Waals surface area contributed by atoms with Crippen molar-refractivity contribution < 1.29 is 14.3 Å². The van der Waals surface area contributed by atoms with Crippen LogP contribution in [0.25, 0.3) is 0 Å². The number of anilines is 1. The number of hydrogen-bond donors (Lipinski definition) is 2. The molecule has 0 bridgehead atoms. The summed E-state index contributed by atoms with van der Waals surface area (Å²) in [5.41, 5.74) is 2.94. The van der Waals surface area contributed by atoms with Crippen LogP contribution in [0.1, 0.15) is 11.1 Å². The van der Waals surface area contributed by atoms with E-state index in [1.54, 1.807) is 19.2 Å². The molecule has 0 aliphatic carbocycles. The van der Waals surface area contributed by atoms with Gasteiger partial charge < -0.3 is 20.1 Å². The number of methoxy groups -OCH3 is 1. The van der Waals surface area contributed by atoms with Gasteiger partial charge in [0.2, 0.25) is 0 Å². The minimum absolute atomic E-state index is 0.293. The highest BCUT2D eigenvalue weighted by molar-refractivity contribution is 5.90. The van der Waals surface area contributed by atoms with Crippen LogP contribution in [0.2, 0.25) is 0 Å². The third-order valence-electron chi connectivity index (χ3n) is 3.21. The maximum absolute atomic E-state index is 11.9. The van der Waals surface area contributed by atoms with Crippen molar-refractivity contribution in [2.75, 3.05) is 25.6 Å². The number of urea groups is 1. The highest BCUT2D eigenvalue weighted by Gasteiger charge is 2.06. The summed E-state index contributed by atoms with van der Waals surface area (Å²) in [5, 5.41) is 5.50. The molecule has 122 valence electrons. The zero-order chi connectivity index (χ0) is 16.7. The van der Waals surface area contributed by atoms with Gasteiger partial charge in [0.05, 0.1) is 19.3 Å². The van der Waals surface area contributed by atoms with E-state index in [9.17, 15) is 4.79 Å². The zero-order valence-corrected chi connectivity index (χ0v) is 13.7. The van der Waals surface area contributed by atoms with Crippen molar-refractivity contribution in [1.82, 2.24) is 5.32 Å². The zero-order valence-electron chi connectivity index (χ0n) is 13.7. The molecule has 2 rings (SSSR count). The Kier molecular flexibility index (Phi) is 5.86. The number of nitrogens with one attached hydrogen (secondary N) is 2. The van der Waals surface area contributed by atoms with Crippen molar-refractivity contribution in [2.45, 2.75) is 13.8 Å². The van der Waals surface area contributed by atoms with Gasteiger partial charge in [-0.15, -0.1) is 0 Å². The highest BCUT2D eigenvalue weighted by atomic mass is 16.5. The van der Waals surface area contributed by atoms with Gasteiger partial charge in [0, 0.05) is 0 Å². The van der Waals surface area contributed by atoms with E-state index in [1.807, 2.05) is 38.1 Å². The van der Waals surface area contributed by atoms with Crippen LogP contribution in [0.4, 0.5) is 10.5 Å². The predicted octanol–water partition coefficient (Wildman–Crippen LogP) is 3.51. The molecule has 0 aromatic heterocycles. The molecule has 0 radical (unpaired) electrons. The van der Waals surface area contributed by atoms with E-state index in [0.717, 1.165) is 16.9 Å². The maximum atomic E-state index is 11.9. The summed E-state index contributed by atoms with van der Waals surface area (Å²) in [4.78, 5) is 11.9. The molecule has 2 amide bonds. The number of benzene rings is 2. The number of carbonyl (C=O) groups excluding carboxylic acids is 1.